The van der Waals surface area contributed by atoms with Crippen molar-refractivity contribution in [1.82, 2.24) is 14.9 Å². The van der Waals surface area contributed by atoms with Crippen LogP contribution in [0.5, 0.6) is 0 Å². The average Bonchev–Trinajstić information content (AvgIpc) is 3.38. The van der Waals surface area contributed by atoms with Crippen molar-refractivity contribution < 1.29 is 13.2 Å². The molecule has 9 heteroatoms. The molecule has 0 aromatic heterocycles. The molecule has 1 aliphatic heterocycles. The van der Waals surface area contributed by atoms with Crippen molar-refractivity contribution in [3.05, 3.63) is 72.1 Å². The number of hydrogen-bond donors (Lipinski definition) is 3. The molecule has 37 heavy (non-hydrogen) atoms. The number of amides is 2. The maximum Gasteiger partial charge on any atom is 0.328 e. The third-order valence-corrected chi connectivity index (χ3v) is 8.19. The molecular weight excluding hydrogens is 486 g/mol. The Morgan fingerprint density at radius 2 is 1.65 bits per heavy atom. The van der Waals surface area contributed by atoms with Gasteiger partial charge in [-0.05, 0) is 67.5 Å². The van der Waals surface area contributed by atoms with Gasteiger partial charge in [-0.25, -0.2) is 17.9 Å². The first-order chi connectivity index (χ1) is 17.7. The summed E-state index contributed by atoms with van der Waals surface area (Å²) in [4.78, 5) is 16.8. The van der Waals surface area contributed by atoms with Crippen LogP contribution in [0.15, 0.2) is 65.8 Å². The Hall–Kier alpha value is -3.04. The summed E-state index contributed by atoms with van der Waals surface area (Å²) in [7, 11) is -3.94. The van der Waals surface area contributed by atoms with Crippen LogP contribution in [0.1, 0.15) is 57.6 Å². The van der Waals surface area contributed by atoms with Crippen molar-refractivity contribution in [2.45, 2.75) is 70.4 Å². The van der Waals surface area contributed by atoms with Gasteiger partial charge >= 0.3 is 6.03 Å². The van der Waals surface area contributed by atoms with Gasteiger partial charge in [0.25, 0.3) is 10.0 Å². The standard InChI is InChI=1S/C28H41N5O3S/c1-4-5-22(2)6-7-23(3)32-18-19-33(21-32)26-12-8-24(9-13-26)16-17-30-28(34)31-37(35,36)27-14-10-25(20-29)11-15-27/h8-15,18-19,22-23H,4-7,16-17,20-21,29H2,1-3H3,(H2,30,31,34). The lowest BCUT2D eigenvalue weighted by molar-refractivity contribution is 0.246. The fourth-order valence-electron chi connectivity index (χ4n) is 4.42. The molecule has 0 spiro atoms. The molecule has 0 bridgehead atoms. The molecule has 0 fully saturated rings. The number of benzene rings is 2. The molecule has 0 saturated heterocycles. The van der Waals surface area contributed by atoms with E-state index in [0.29, 0.717) is 25.6 Å². The summed E-state index contributed by atoms with van der Waals surface area (Å²) < 4.78 is 26.8. The number of sulfonamides is 1. The van der Waals surface area contributed by atoms with Gasteiger partial charge in [-0.15, -0.1) is 0 Å². The number of urea groups is 1. The lowest BCUT2D eigenvalue weighted by Crippen LogP contribution is -2.40. The zero-order valence-corrected chi connectivity index (χ0v) is 23.0. The van der Waals surface area contributed by atoms with Crippen LogP contribution in [0.4, 0.5) is 10.5 Å². The van der Waals surface area contributed by atoms with Crippen LogP contribution in [-0.4, -0.2) is 38.6 Å². The first-order valence-electron chi connectivity index (χ1n) is 13.1. The summed E-state index contributed by atoms with van der Waals surface area (Å²) in [5, 5.41) is 2.62. The number of anilines is 1. The Balaban J connectivity index is 1.41. The molecule has 8 nitrogen and oxygen atoms in total. The van der Waals surface area contributed by atoms with E-state index in [9.17, 15) is 13.2 Å². The molecule has 3 rings (SSSR count). The van der Waals surface area contributed by atoms with E-state index >= 15 is 0 Å². The van der Waals surface area contributed by atoms with E-state index in [0.717, 1.165) is 29.4 Å². The highest BCUT2D eigenvalue weighted by Crippen LogP contribution is 2.24. The SMILES string of the molecule is CCCC(C)CCC(C)N1C=CN(c2ccc(CCNC(=O)NS(=O)(=O)c3ccc(CN)cc3)cc2)C1. The first-order valence-corrected chi connectivity index (χ1v) is 14.6. The molecule has 202 valence electrons. The summed E-state index contributed by atoms with van der Waals surface area (Å²) >= 11 is 0. The van der Waals surface area contributed by atoms with E-state index in [-0.39, 0.29) is 4.90 Å². The average molecular weight is 528 g/mol. The maximum absolute atomic E-state index is 12.4. The van der Waals surface area contributed by atoms with Gasteiger partial charge in [0.1, 0.15) is 0 Å². The van der Waals surface area contributed by atoms with Crippen LogP contribution < -0.4 is 20.7 Å². The van der Waals surface area contributed by atoms with Crippen LogP contribution in [0.25, 0.3) is 0 Å². The smallest absolute Gasteiger partial charge is 0.328 e. The van der Waals surface area contributed by atoms with Crippen LogP contribution in [0, 0.1) is 5.92 Å². The van der Waals surface area contributed by atoms with Crippen molar-refractivity contribution in [2.75, 3.05) is 18.1 Å². The normalized spacial score (nSPS) is 15.0. The molecule has 2 unspecified atom stereocenters. The minimum Gasteiger partial charge on any atom is -0.356 e. The van der Waals surface area contributed by atoms with E-state index in [1.54, 1.807) is 12.1 Å². The van der Waals surface area contributed by atoms with Crippen LogP contribution >= 0.6 is 0 Å². The number of carbonyl (C=O) groups is 1. The number of nitrogens with two attached hydrogens (primary N) is 1. The predicted octanol–water partition coefficient (Wildman–Crippen LogP) is 4.53. The van der Waals surface area contributed by atoms with Crippen molar-refractivity contribution >= 4 is 21.7 Å². The van der Waals surface area contributed by atoms with E-state index in [4.69, 9.17) is 5.73 Å². The summed E-state index contributed by atoms with van der Waals surface area (Å²) in [6.45, 7) is 8.36. The van der Waals surface area contributed by atoms with Gasteiger partial charge in [0.2, 0.25) is 0 Å². The fraction of sp³-hybridized carbons (Fsp3) is 0.464. The number of carbonyl (C=O) groups excluding carboxylic acids is 1. The lowest BCUT2D eigenvalue weighted by Gasteiger charge is -2.28. The Morgan fingerprint density at radius 3 is 2.30 bits per heavy atom. The van der Waals surface area contributed by atoms with Crippen LogP contribution in [0.3, 0.4) is 0 Å². The molecule has 2 amide bonds. The third-order valence-electron chi connectivity index (χ3n) is 6.84. The monoisotopic (exact) mass is 527 g/mol. The van der Waals surface area contributed by atoms with Crippen molar-refractivity contribution in [2.24, 2.45) is 11.7 Å². The molecule has 2 atom stereocenters. The molecular formula is C28H41N5O3S. The van der Waals surface area contributed by atoms with Gasteiger partial charge in [0, 0.05) is 37.2 Å². The molecule has 1 heterocycles. The topological polar surface area (TPSA) is 108 Å². The Morgan fingerprint density at radius 1 is 0.973 bits per heavy atom. The van der Waals surface area contributed by atoms with Crippen molar-refractivity contribution in [3.63, 3.8) is 0 Å². The molecule has 0 radical (unpaired) electrons. The van der Waals surface area contributed by atoms with E-state index in [1.165, 1.54) is 37.8 Å². The summed E-state index contributed by atoms with van der Waals surface area (Å²) in [5.74, 6) is 0.779. The molecule has 0 aliphatic carbocycles. The van der Waals surface area contributed by atoms with Crippen molar-refractivity contribution in [1.29, 1.82) is 0 Å². The van der Waals surface area contributed by atoms with Gasteiger partial charge in [-0.1, -0.05) is 51.0 Å². The summed E-state index contributed by atoms with van der Waals surface area (Å²) in [6, 6.07) is 14.1. The van der Waals surface area contributed by atoms with Crippen molar-refractivity contribution in [3.8, 4) is 0 Å². The second-order valence-corrected chi connectivity index (χ2v) is 11.6. The Labute approximate surface area is 222 Å². The minimum atomic E-state index is -3.94. The molecule has 1 aliphatic rings. The number of nitrogens with one attached hydrogen (secondary N) is 2. The quantitative estimate of drug-likeness (QED) is 0.353. The van der Waals surface area contributed by atoms with Crippen LogP contribution in [-0.2, 0) is 23.0 Å². The third kappa shape index (κ3) is 8.50. The number of rotatable bonds is 13. The summed E-state index contributed by atoms with van der Waals surface area (Å²) in [6.07, 6.45) is 9.88. The highest BCUT2D eigenvalue weighted by Gasteiger charge is 2.20. The highest BCUT2D eigenvalue weighted by molar-refractivity contribution is 7.90. The van der Waals surface area contributed by atoms with Gasteiger partial charge in [0.05, 0.1) is 11.6 Å². The van der Waals surface area contributed by atoms with Gasteiger partial charge in [0.15, 0.2) is 0 Å². The molecule has 0 saturated carbocycles. The summed E-state index contributed by atoms with van der Waals surface area (Å²) in [5.41, 5.74) is 8.53. The van der Waals surface area contributed by atoms with E-state index in [2.05, 4.69) is 60.4 Å². The first kappa shape index (κ1) is 28.5. The fourth-order valence-corrected chi connectivity index (χ4v) is 5.34. The largest absolute Gasteiger partial charge is 0.356 e. The van der Waals surface area contributed by atoms with Crippen LogP contribution in [0.2, 0.25) is 0 Å². The Bertz CT molecular complexity index is 1130. The molecule has 2 aromatic carbocycles. The Kier molecular flexibility index (Phi) is 10.4. The molecule has 2 aromatic rings. The minimum absolute atomic E-state index is 0.0189. The number of nitrogens with zero attached hydrogens (tertiary/aromatic N) is 2. The lowest BCUT2D eigenvalue weighted by atomic mass is 9.98. The second kappa shape index (κ2) is 13.5. The zero-order valence-electron chi connectivity index (χ0n) is 22.2. The highest BCUT2D eigenvalue weighted by atomic mass is 32.2. The number of hydrogen-bond acceptors (Lipinski definition) is 6. The molecule has 4 N–H and O–H groups in total. The maximum atomic E-state index is 12.4. The van der Waals surface area contributed by atoms with E-state index < -0.39 is 16.1 Å². The second-order valence-electron chi connectivity index (χ2n) is 9.87. The zero-order chi connectivity index (χ0) is 26.8. The van der Waals surface area contributed by atoms with Gasteiger partial charge < -0.3 is 20.9 Å². The van der Waals surface area contributed by atoms with Gasteiger partial charge in [-0.3, -0.25) is 0 Å². The predicted molar refractivity (Wildman–Crippen MR) is 149 cm³/mol. The van der Waals surface area contributed by atoms with Gasteiger partial charge in [-0.2, -0.15) is 0 Å². The van der Waals surface area contributed by atoms with E-state index in [1.807, 2.05) is 16.9 Å².